The zero-order chi connectivity index (χ0) is 21.1. The van der Waals surface area contributed by atoms with Gasteiger partial charge in [-0.2, -0.15) is 0 Å². The number of hydrogen-bond donors (Lipinski definition) is 0. The van der Waals surface area contributed by atoms with E-state index in [0.29, 0.717) is 35.2 Å². The van der Waals surface area contributed by atoms with E-state index in [1.807, 2.05) is 54.3 Å². The van der Waals surface area contributed by atoms with Crippen LogP contribution in [-0.2, 0) is 6.42 Å². The van der Waals surface area contributed by atoms with Gasteiger partial charge in [0.2, 0.25) is 5.88 Å². The summed E-state index contributed by atoms with van der Waals surface area (Å²) >= 11 is 0. The third-order valence-corrected chi connectivity index (χ3v) is 5.41. The van der Waals surface area contributed by atoms with Crippen molar-refractivity contribution < 1.29 is 19.0 Å². The fourth-order valence-electron chi connectivity index (χ4n) is 3.81. The number of rotatable bonds is 5. The van der Waals surface area contributed by atoms with Gasteiger partial charge in [0, 0.05) is 12.7 Å². The molecule has 1 aliphatic heterocycles. The van der Waals surface area contributed by atoms with Crippen LogP contribution in [-0.4, -0.2) is 36.6 Å². The van der Waals surface area contributed by atoms with Crippen molar-refractivity contribution in [3.05, 3.63) is 77.5 Å². The van der Waals surface area contributed by atoms with Gasteiger partial charge in [0.15, 0.2) is 11.5 Å². The zero-order valence-electron chi connectivity index (χ0n) is 17.3. The van der Waals surface area contributed by atoms with Gasteiger partial charge in [0.05, 0.1) is 20.3 Å². The third kappa shape index (κ3) is 3.68. The average Bonchev–Trinajstić information content (AvgIpc) is 2.79. The standard InChI is InChI=1S/C24H24N2O4/c1-16-20-15-22(29-3)21(28-2)14-17(20)11-13-26(16)24(27)19-10-7-12-25-23(19)30-18-8-5-4-6-9-18/h4-10,12,14-16H,11,13H2,1-3H3/t16-/m1/s1. The van der Waals surface area contributed by atoms with E-state index in [1.165, 1.54) is 0 Å². The quantitative estimate of drug-likeness (QED) is 0.619. The number of carbonyl (C=O) groups is 1. The molecule has 4 rings (SSSR count). The number of fused-ring (bicyclic) bond motifs is 1. The summed E-state index contributed by atoms with van der Waals surface area (Å²) in [7, 11) is 3.24. The van der Waals surface area contributed by atoms with Gasteiger partial charge in [-0.25, -0.2) is 4.98 Å². The molecule has 0 unspecified atom stereocenters. The van der Waals surface area contributed by atoms with Crippen molar-refractivity contribution in [2.75, 3.05) is 20.8 Å². The van der Waals surface area contributed by atoms with Crippen molar-refractivity contribution in [1.82, 2.24) is 9.88 Å². The van der Waals surface area contributed by atoms with Crippen molar-refractivity contribution in [1.29, 1.82) is 0 Å². The van der Waals surface area contributed by atoms with Crippen molar-refractivity contribution in [2.45, 2.75) is 19.4 Å². The maximum atomic E-state index is 13.5. The number of carbonyl (C=O) groups excluding carboxylic acids is 1. The summed E-state index contributed by atoms with van der Waals surface area (Å²) in [5, 5.41) is 0. The van der Waals surface area contributed by atoms with Crippen LogP contribution in [0, 0.1) is 0 Å². The van der Waals surface area contributed by atoms with Gasteiger partial charge in [0.25, 0.3) is 5.91 Å². The number of aromatic nitrogens is 1. The molecule has 0 saturated carbocycles. The van der Waals surface area contributed by atoms with Crippen molar-refractivity contribution in [2.24, 2.45) is 0 Å². The van der Waals surface area contributed by atoms with Gasteiger partial charge in [0.1, 0.15) is 11.3 Å². The molecule has 0 aliphatic carbocycles. The predicted octanol–water partition coefficient (Wildman–Crippen LogP) is 4.65. The van der Waals surface area contributed by atoms with E-state index in [9.17, 15) is 4.79 Å². The normalized spacial score (nSPS) is 15.3. The zero-order valence-corrected chi connectivity index (χ0v) is 17.3. The van der Waals surface area contributed by atoms with Crippen LogP contribution in [0.2, 0.25) is 0 Å². The lowest BCUT2D eigenvalue weighted by Gasteiger charge is -2.36. The molecule has 2 heterocycles. The Hall–Kier alpha value is -3.54. The topological polar surface area (TPSA) is 60.9 Å². The molecule has 2 aromatic carbocycles. The number of para-hydroxylation sites is 1. The van der Waals surface area contributed by atoms with E-state index in [0.717, 1.165) is 17.5 Å². The Kier molecular flexibility index (Phi) is 5.57. The lowest BCUT2D eigenvalue weighted by molar-refractivity contribution is 0.0674. The molecule has 0 bridgehead atoms. The SMILES string of the molecule is COc1cc2c(cc1OC)[C@@H](C)N(C(=O)c1cccnc1Oc1ccccc1)CC2. The lowest BCUT2D eigenvalue weighted by atomic mass is 9.92. The number of methoxy groups -OCH3 is 2. The van der Waals surface area contributed by atoms with Crippen LogP contribution >= 0.6 is 0 Å². The van der Waals surface area contributed by atoms with Crippen LogP contribution < -0.4 is 14.2 Å². The molecule has 6 heteroatoms. The van der Waals surface area contributed by atoms with Gasteiger partial charge in [-0.3, -0.25) is 4.79 Å². The van der Waals surface area contributed by atoms with Crippen LogP contribution in [0.4, 0.5) is 0 Å². The van der Waals surface area contributed by atoms with Crippen LogP contribution in [0.25, 0.3) is 0 Å². The predicted molar refractivity (Wildman–Crippen MR) is 113 cm³/mol. The Morgan fingerprint density at radius 1 is 1.03 bits per heavy atom. The highest BCUT2D eigenvalue weighted by molar-refractivity contribution is 5.97. The second-order valence-electron chi connectivity index (χ2n) is 7.10. The Labute approximate surface area is 176 Å². The number of hydrogen-bond acceptors (Lipinski definition) is 5. The van der Waals surface area contributed by atoms with E-state index in [2.05, 4.69) is 4.98 Å². The maximum absolute atomic E-state index is 13.5. The van der Waals surface area contributed by atoms with Crippen LogP contribution in [0.5, 0.6) is 23.1 Å². The molecule has 6 nitrogen and oxygen atoms in total. The lowest BCUT2D eigenvalue weighted by Crippen LogP contribution is -2.39. The highest BCUT2D eigenvalue weighted by Gasteiger charge is 2.31. The summed E-state index contributed by atoms with van der Waals surface area (Å²) in [4.78, 5) is 19.6. The molecule has 0 N–H and O–H groups in total. The van der Waals surface area contributed by atoms with E-state index in [1.54, 1.807) is 32.5 Å². The highest BCUT2D eigenvalue weighted by Crippen LogP contribution is 2.39. The molecular formula is C24H24N2O4. The first-order valence-electron chi connectivity index (χ1n) is 9.86. The Bertz CT molecular complexity index is 1050. The van der Waals surface area contributed by atoms with Gasteiger partial charge in [-0.15, -0.1) is 0 Å². The van der Waals surface area contributed by atoms with E-state index in [-0.39, 0.29) is 11.9 Å². The number of pyridine rings is 1. The van der Waals surface area contributed by atoms with Crippen molar-refractivity contribution in [3.8, 4) is 23.1 Å². The van der Waals surface area contributed by atoms with Gasteiger partial charge in [-0.1, -0.05) is 18.2 Å². The molecule has 0 fully saturated rings. The number of nitrogens with zero attached hydrogens (tertiary/aromatic N) is 2. The second kappa shape index (κ2) is 8.45. The Balaban J connectivity index is 1.64. The molecule has 0 spiro atoms. The molecule has 0 radical (unpaired) electrons. The summed E-state index contributed by atoms with van der Waals surface area (Å²) in [6, 6.07) is 16.7. The molecule has 30 heavy (non-hydrogen) atoms. The fourth-order valence-corrected chi connectivity index (χ4v) is 3.81. The molecule has 0 saturated heterocycles. The number of amides is 1. The average molecular weight is 404 g/mol. The Morgan fingerprint density at radius 2 is 1.77 bits per heavy atom. The first-order valence-corrected chi connectivity index (χ1v) is 9.86. The van der Waals surface area contributed by atoms with Crippen molar-refractivity contribution >= 4 is 5.91 Å². The second-order valence-corrected chi connectivity index (χ2v) is 7.10. The minimum atomic E-state index is -0.120. The highest BCUT2D eigenvalue weighted by atomic mass is 16.5. The smallest absolute Gasteiger partial charge is 0.259 e. The molecular weight excluding hydrogens is 380 g/mol. The molecule has 1 atom stereocenters. The number of benzene rings is 2. The maximum Gasteiger partial charge on any atom is 0.259 e. The molecule has 1 aromatic heterocycles. The summed E-state index contributed by atoms with van der Waals surface area (Å²) in [5.41, 5.74) is 2.66. The largest absolute Gasteiger partial charge is 0.493 e. The number of ether oxygens (including phenoxy) is 3. The summed E-state index contributed by atoms with van der Waals surface area (Å²) < 4.78 is 16.8. The minimum absolute atomic E-state index is 0.109. The van der Waals surface area contributed by atoms with Gasteiger partial charge in [-0.05, 0) is 60.9 Å². The van der Waals surface area contributed by atoms with Crippen LogP contribution in [0.1, 0.15) is 34.5 Å². The van der Waals surface area contributed by atoms with E-state index in [4.69, 9.17) is 14.2 Å². The monoisotopic (exact) mass is 404 g/mol. The first-order chi connectivity index (χ1) is 14.6. The molecule has 3 aromatic rings. The van der Waals surface area contributed by atoms with Gasteiger partial charge < -0.3 is 19.1 Å². The fraction of sp³-hybridized carbons (Fsp3) is 0.250. The van der Waals surface area contributed by atoms with Crippen LogP contribution in [0.15, 0.2) is 60.8 Å². The molecule has 1 aliphatic rings. The first kappa shape index (κ1) is 19.8. The summed E-state index contributed by atoms with van der Waals surface area (Å²) in [6.07, 6.45) is 2.36. The van der Waals surface area contributed by atoms with Crippen LogP contribution in [0.3, 0.4) is 0 Å². The summed E-state index contributed by atoms with van der Waals surface area (Å²) in [6.45, 7) is 2.62. The van der Waals surface area contributed by atoms with Crippen molar-refractivity contribution in [3.63, 3.8) is 0 Å². The summed E-state index contributed by atoms with van der Waals surface area (Å²) in [5.74, 6) is 2.20. The van der Waals surface area contributed by atoms with E-state index >= 15 is 0 Å². The van der Waals surface area contributed by atoms with E-state index < -0.39 is 0 Å². The molecule has 154 valence electrons. The Morgan fingerprint density at radius 3 is 2.50 bits per heavy atom. The van der Waals surface area contributed by atoms with Gasteiger partial charge >= 0.3 is 0 Å². The molecule has 1 amide bonds. The third-order valence-electron chi connectivity index (χ3n) is 5.41. The minimum Gasteiger partial charge on any atom is -0.493 e.